The quantitative estimate of drug-likeness (QED) is 0.788. The largest absolute Gasteiger partial charge is 0.477 e. The number of carbonyl (C=O) groups is 1. The maximum atomic E-state index is 10.8. The van der Waals surface area contributed by atoms with Gasteiger partial charge in [-0.25, -0.2) is 4.79 Å². The van der Waals surface area contributed by atoms with Gasteiger partial charge in [0.15, 0.2) is 0 Å². The molecule has 72 valence electrons. The van der Waals surface area contributed by atoms with Gasteiger partial charge in [0, 0.05) is 5.39 Å². The van der Waals surface area contributed by atoms with Crippen LogP contribution in [-0.2, 0) is 0 Å². The highest BCUT2D eigenvalue weighted by Crippen LogP contribution is 2.37. The van der Waals surface area contributed by atoms with Crippen molar-refractivity contribution in [2.75, 3.05) is 5.73 Å². The van der Waals surface area contributed by atoms with Crippen molar-refractivity contribution in [3.63, 3.8) is 0 Å². The zero-order valence-electron chi connectivity index (χ0n) is 6.95. The fourth-order valence-corrected chi connectivity index (χ4v) is 2.52. The summed E-state index contributed by atoms with van der Waals surface area (Å²) in [6, 6.07) is 5.23. The number of fused-ring (bicyclic) bond motifs is 1. The molecule has 3 nitrogen and oxygen atoms in total. The first-order chi connectivity index (χ1) is 6.61. The van der Waals surface area contributed by atoms with E-state index in [1.54, 1.807) is 18.2 Å². The predicted octanol–water partition coefficient (Wildman–Crippen LogP) is 2.84. The number of rotatable bonds is 1. The Morgan fingerprint density at radius 3 is 2.79 bits per heavy atom. The van der Waals surface area contributed by atoms with E-state index in [0.29, 0.717) is 16.1 Å². The van der Waals surface area contributed by atoms with Crippen LogP contribution in [0.25, 0.3) is 10.1 Å². The lowest BCUT2D eigenvalue weighted by Crippen LogP contribution is -1.96. The third-order valence-corrected chi connectivity index (χ3v) is 3.57. The van der Waals surface area contributed by atoms with E-state index in [4.69, 9.17) is 22.4 Å². The van der Waals surface area contributed by atoms with Crippen molar-refractivity contribution in [3.05, 3.63) is 28.1 Å². The average molecular weight is 228 g/mol. The highest BCUT2D eigenvalue weighted by Gasteiger charge is 2.16. The van der Waals surface area contributed by atoms with Crippen LogP contribution in [0.1, 0.15) is 9.67 Å². The average Bonchev–Trinajstić information content (AvgIpc) is 2.46. The molecule has 0 unspecified atom stereocenters. The summed E-state index contributed by atoms with van der Waals surface area (Å²) in [7, 11) is 0. The Balaban J connectivity index is 2.86. The Morgan fingerprint density at radius 1 is 1.50 bits per heavy atom. The minimum Gasteiger partial charge on any atom is -0.477 e. The van der Waals surface area contributed by atoms with E-state index in [0.717, 1.165) is 16.0 Å². The SMILES string of the molecule is Nc1c(C(=O)O)sc2c(Cl)cccc12. The maximum Gasteiger partial charge on any atom is 0.348 e. The standard InChI is InChI=1S/C9H6ClNO2S/c10-5-3-1-2-4-6(11)8(9(12)13)14-7(4)5/h1-3H,11H2,(H,12,13). The normalized spacial score (nSPS) is 10.6. The van der Waals surface area contributed by atoms with Crippen LogP contribution in [0, 0.1) is 0 Å². The van der Waals surface area contributed by atoms with Crippen molar-refractivity contribution >= 4 is 44.7 Å². The van der Waals surface area contributed by atoms with E-state index < -0.39 is 5.97 Å². The smallest absolute Gasteiger partial charge is 0.348 e. The van der Waals surface area contributed by atoms with Crippen LogP contribution in [0.4, 0.5) is 5.69 Å². The Bertz CT molecular complexity index is 521. The molecule has 1 aromatic carbocycles. The second-order valence-electron chi connectivity index (χ2n) is 2.77. The van der Waals surface area contributed by atoms with Crippen LogP contribution in [0.15, 0.2) is 18.2 Å². The van der Waals surface area contributed by atoms with E-state index in [1.807, 2.05) is 0 Å². The third-order valence-electron chi connectivity index (χ3n) is 1.90. The summed E-state index contributed by atoms with van der Waals surface area (Å²) in [6.45, 7) is 0. The van der Waals surface area contributed by atoms with Gasteiger partial charge < -0.3 is 10.8 Å². The number of nitrogen functional groups attached to an aromatic ring is 1. The third kappa shape index (κ3) is 1.23. The van der Waals surface area contributed by atoms with Crippen LogP contribution in [0.5, 0.6) is 0 Å². The molecule has 0 aliphatic carbocycles. The zero-order valence-corrected chi connectivity index (χ0v) is 8.52. The van der Waals surface area contributed by atoms with Crippen LogP contribution >= 0.6 is 22.9 Å². The Labute approximate surface area is 88.7 Å². The van der Waals surface area contributed by atoms with Crippen LogP contribution in [0.2, 0.25) is 5.02 Å². The molecule has 2 rings (SSSR count). The molecule has 14 heavy (non-hydrogen) atoms. The van der Waals surface area contributed by atoms with Crippen molar-refractivity contribution < 1.29 is 9.90 Å². The van der Waals surface area contributed by atoms with Crippen molar-refractivity contribution in [1.29, 1.82) is 0 Å². The number of benzene rings is 1. The van der Waals surface area contributed by atoms with Gasteiger partial charge in [-0.1, -0.05) is 23.7 Å². The summed E-state index contributed by atoms with van der Waals surface area (Å²) >= 11 is 7.01. The van der Waals surface area contributed by atoms with E-state index in [2.05, 4.69) is 0 Å². The number of aromatic carboxylic acids is 1. The van der Waals surface area contributed by atoms with Crippen molar-refractivity contribution in [1.82, 2.24) is 0 Å². The molecule has 0 atom stereocenters. The molecular formula is C9H6ClNO2S. The molecule has 0 radical (unpaired) electrons. The minimum absolute atomic E-state index is 0.146. The number of thiophene rings is 1. The van der Waals surface area contributed by atoms with Crippen molar-refractivity contribution in [3.8, 4) is 0 Å². The lowest BCUT2D eigenvalue weighted by atomic mass is 10.2. The van der Waals surface area contributed by atoms with Crippen LogP contribution < -0.4 is 5.73 Å². The first-order valence-electron chi connectivity index (χ1n) is 3.81. The second kappa shape index (κ2) is 3.15. The minimum atomic E-state index is -1.01. The molecule has 2 aromatic rings. The van der Waals surface area contributed by atoms with Gasteiger partial charge in [-0.15, -0.1) is 11.3 Å². The molecule has 3 N–H and O–H groups in total. The van der Waals surface area contributed by atoms with Gasteiger partial charge in [0.1, 0.15) is 4.88 Å². The number of hydrogen-bond donors (Lipinski definition) is 2. The first-order valence-corrected chi connectivity index (χ1v) is 5.00. The number of hydrogen-bond acceptors (Lipinski definition) is 3. The van der Waals surface area contributed by atoms with Gasteiger partial charge in [0.25, 0.3) is 0 Å². The highest BCUT2D eigenvalue weighted by molar-refractivity contribution is 7.22. The van der Waals surface area contributed by atoms with Crippen molar-refractivity contribution in [2.45, 2.75) is 0 Å². The predicted molar refractivity (Wildman–Crippen MR) is 58.2 cm³/mol. The molecule has 1 heterocycles. The van der Waals surface area contributed by atoms with Gasteiger partial charge in [0.05, 0.1) is 15.4 Å². The fraction of sp³-hybridized carbons (Fsp3) is 0. The molecule has 0 saturated heterocycles. The molecule has 0 fully saturated rings. The molecule has 5 heteroatoms. The molecule has 0 aliphatic heterocycles. The van der Waals surface area contributed by atoms with Gasteiger partial charge in [-0.05, 0) is 6.07 Å². The summed E-state index contributed by atoms with van der Waals surface area (Å²) in [5.41, 5.74) is 5.97. The maximum absolute atomic E-state index is 10.8. The number of carboxylic acid groups (broad SMARTS) is 1. The zero-order chi connectivity index (χ0) is 10.3. The molecule has 1 aromatic heterocycles. The fourth-order valence-electron chi connectivity index (χ4n) is 1.26. The van der Waals surface area contributed by atoms with E-state index in [-0.39, 0.29) is 4.88 Å². The number of carboxylic acids is 1. The van der Waals surface area contributed by atoms with E-state index in [1.165, 1.54) is 0 Å². The van der Waals surface area contributed by atoms with E-state index in [9.17, 15) is 4.79 Å². The summed E-state index contributed by atoms with van der Waals surface area (Å²) in [4.78, 5) is 10.9. The van der Waals surface area contributed by atoms with Crippen LogP contribution in [0.3, 0.4) is 0 Å². The molecule has 0 saturated carbocycles. The summed E-state index contributed by atoms with van der Waals surface area (Å²) < 4.78 is 0.726. The summed E-state index contributed by atoms with van der Waals surface area (Å²) in [5, 5.41) is 10.1. The number of nitrogens with two attached hydrogens (primary N) is 1. The molecule has 0 amide bonds. The lowest BCUT2D eigenvalue weighted by molar-refractivity contribution is 0.0703. The molecule has 0 spiro atoms. The second-order valence-corrected chi connectivity index (χ2v) is 4.19. The molecular weight excluding hydrogens is 222 g/mol. The van der Waals surface area contributed by atoms with Gasteiger partial charge in [-0.3, -0.25) is 0 Å². The first kappa shape index (κ1) is 9.30. The van der Waals surface area contributed by atoms with E-state index >= 15 is 0 Å². The highest BCUT2D eigenvalue weighted by atomic mass is 35.5. The molecule has 0 bridgehead atoms. The monoisotopic (exact) mass is 227 g/mol. The van der Waals surface area contributed by atoms with Gasteiger partial charge in [-0.2, -0.15) is 0 Å². The van der Waals surface area contributed by atoms with Gasteiger partial charge in [0.2, 0.25) is 0 Å². The number of anilines is 1. The Kier molecular flexibility index (Phi) is 2.09. The Hall–Kier alpha value is -1.26. The topological polar surface area (TPSA) is 63.3 Å². The van der Waals surface area contributed by atoms with Gasteiger partial charge >= 0.3 is 5.97 Å². The Morgan fingerprint density at radius 2 is 2.21 bits per heavy atom. The summed E-state index contributed by atoms with van der Waals surface area (Å²) in [6.07, 6.45) is 0. The van der Waals surface area contributed by atoms with Crippen molar-refractivity contribution in [2.24, 2.45) is 0 Å². The van der Waals surface area contributed by atoms with Crippen LogP contribution in [-0.4, -0.2) is 11.1 Å². The lowest BCUT2D eigenvalue weighted by Gasteiger charge is -1.92. The number of halogens is 1. The summed E-state index contributed by atoms with van der Waals surface area (Å²) in [5.74, 6) is -1.01. The molecule has 0 aliphatic rings.